The fourth-order valence-corrected chi connectivity index (χ4v) is 4.93. The van der Waals surface area contributed by atoms with Gasteiger partial charge in [-0.05, 0) is 56.2 Å². The van der Waals surface area contributed by atoms with Crippen LogP contribution >= 0.6 is 12.2 Å². The van der Waals surface area contributed by atoms with Gasteiger partial charge in [-0.3, -0.25) is 0 Å². The van der Waals surface area contributed by atoms with E-state index in [2.05, 4.69) is 40.3 Å². The SMILES string of the molecule is C[C@@H]1C[C@@H](C)CN(c2cc(N3CCCC3)nc(NC(=S)NC[C@@H]3CCCO3)n2)C1. The molecular formula is C21H34N6OS. The topological polar surface area (TPSA) is 65.5 Å². The van der Waals surface area contributed by atoms with Crippen LogP contribution in [-0.2, 0) is 4.74 Å². The Morgan fingerprint density at radius 2 is 1.79 bits per heavy atom. The van der Waals surface area contributed by atoms with Gasteiger partial charge >= 0.3 is 0 Å². The highest BCUT2D eigenvalue weighted by molar-refractivity contribution is 7.80. The maximum atomic E-state index is 5.66. The van der Waals surface area contributed by atoms with E-state index in [1.807, 2.05) is 0 Å². The third-order valence-corrected chi connectivity index (χ3v) is 6.31. The molecule has 4 rings (SSSR count). The largest absolute Gasteiger partial charge is 0.376 e. The van der Waals surface area contributed by atoms with Crippen LogP contribution in [0.5, 0.6) is 0 Å². The van der Waals surface area contributed by atoms with Crippen LogP contribution in [0.25, 0.3) is 0 Å². The summed E-state index contributed by atoms with van der Waals surface area (Å²) in [7, 11) is 0. The summed E-state index contributed by atoms with van der Waals surface area (Å²) < 4.78 is 5.66. The fourth-order valence-electron chi connectivity index (χ4n) is 4.76. The zero-order chi connectivity index (χ0) is 20.2. The number of ether oxygens (including phenoxy) is 1. The van der Waals surface area contributed by atoms with Gasteiger partial charge < -0.3 is 25.2 Å². The summed E-state index contributed by atoms with van der Waals surface area (Å²) in [4.78, 5) is 14.4. The molecule has 0 aromatic carbocycles. The number of rotatable bonds is 5. The van der Waals surface area contributed by atoms with Gasteiger partial charge in [-0.15, -0.1) is 0 Å². The van der Waals surface area contributed by atoms with E-state index in [4.69, 9.17) is 26.9 Å². The zero-order valence-corrected chi connectivity index (χ0v) is 18.5. The molecule has 0 unspecified atom stereocenters. The van der Waals surface area contributed by atoms with E-state index in [-0.39, 0.29) is 6.10 Å². The van der Waals surface area contributed by atoms with E-state index in [0.29, 0.717) is 22.9 Å². The van der Waals surface area contributed by atoms with Crippen molar-refractivity contribution in [2.75, 3.05) is 54.4 Å². The van der Waals surface area contributed by atoms with Crippen LogP contribution in [0, 0.1) is 11.8 Å². The van der Waals surface area contributed by atoms with E-state index in [0.717, 1.165) is 63.8 Å². The quantitative estimate of drug-likeness (QED) is 0.708. The Bertz CT molecular complexity index is 694. The first kappa shape index (κ1) is 20.6. The summed E-state index contributed by atoms with van der Waals surface area (Å²) in [5.74, 6) is 3.94. The lowest BCUT2D eigenvalue weighted by Gasteiger charge is -2.36. The van der Waals surface area contributed by atoms with Crippen LogP contribution < -0.4 is 20.4 Å². The lowest BCUT2D eigenvalue weighted by Crippen LogP contribution is -2.40. The Morgan fingerprint density at radius 3 is 2.45 bits per heavy atom. The van der Waals surface area contributed by atoms with Crippen LogP contribution in [0.3, 0.4) is 0 Å². The van der Waals surface area contributed by atoms with Crippen molar-refractivity contribution in [2.45, 2.75) is 52.1 Å². The first-order valence-corrected chi connectivity index (χ1v) is 11.5. The number of piperidine rings is 1. The molecule has 0 radical (unpaired) electrons. The second kappa shape index (κ2) is 9.43. The van der Waals surface area contributed by atoms with Gasteiger partial charge in [0, 0.05) is 45.4 Å². The van der Waals surface area contributed by atoms with Gasteiger partial charge in [0.1, 0.15) is 11.6 Å². The number of hydrogen-bond donors (Lipinski definition) is 2. The predicted molar refractivity (Wildman–Crippen MR) is 122 cm³/mol. The molecule has 160 valence electrons. The number of nitrogens with zero attached hydrogens (tertiary/aromatic N) is 4. The van der Waals surface area contributed by atoms with Gasteiger partial charge in [0.05, 0.1) is 6.10 Å². The number of anilines is 3. The van der Waals surface area contributed by atoms with Crippen LogP contribution in [-0.4, -0.2) is 60.5 Å². The summed E-state index contributed by atoms with van der Waals surface area (Å²) in [6, 6.07) is 2.16. The monoisotopic (exact) mass is 418 g/mol. The summed E-state index contributed by atoms with van der Waals surface area (Å²) >= 11 is 5.50. The summed E-state index contributed by atoms with van der Waals surface area (Å²) in [5, 5.41) is 7.04. The fraction of sp³-hybridized carbons (Fsp3) is 0.762. The highest BCUT2D eigenvalue weighted by atomic mass is 32.1. The number of aromatic nitrogens is 2. The molecule has 4 heterocycles. The molecule has 3 aliphatic heterocycles. The van der Waals surface area contributed by atoms with E-state index in [1.165, 1.54) is 19.3 Å². The average Bonchev–Trinajstić information content (AvgIpc) is 3.39. The van der Waals surface area contributed by atoms with Crippen molar-refractivity contribution >= 4 is 34.9 Å². The molecule has 3 saturated heterocycles. The molecule has 0 bridgehead atoms. The highest BCUT2D eigenvalue weighted by Gasteiger charge is 2.25. The minimum absolute atomic E-state index is 0.249. The van der Waals surface area contributed by atoms with E-state index >= 15 is 0 Å². The first-order valence-electron chi connectivity index (χ1n) is 11.1. The van der Waals surface area contributed by atoms with Gasteiger partial charge in [-0.1, -0.05) is 13.8 Å². The molecular weight excluding hydrogens is 384 g/mol. The van der Waals surface area contributed by atoms with E-state index < -0.39 is 0 Å². The Hall–Kier alpha value is -1.67. The lowest BCUT2D eigenvalue weighted by atomic mass is 9.92. The second-order valence-corrected chi connectivity index (χ2v) is 9.33. The molecule has 0 saturated carbocycles. The predicted octanol–water partition coefficient (Wildman–Crippen LogP) is 3.02. The molecule has 2 N–H and O–H groups in total. The van der Waals surface area contributed by atoms with Crippen molar-refractivity contribution in [3.8, 4) is 0 Å². The average molecular weight is 419 g/mol. The minimum atomic E-state index is 0.249. The standard InChI is InChI=1S/C21H34N6OS/c1-15-10-16(2)14-27(13-15)19-11-18(26-7-3-4-8-26)23-20(24-19)25-21(29)22-12-17-6-5-9-28-17/h11,15-17H,3-10,12-14H2,1-2H3,(H2,22,23,24,25,29)/t15-,16-,17+/m1/s1. The van der Waals surface area contributed by atoms with Gasteiger partial charge in [0.15, 0.2) is 5.11 Å². The van der Waals surface area contributed by atoms with Gasteiger partial charge in [-0.2, -0.15) is 9.97 Å². The maximum Gasteiger partial charge on any atom is 0.232 e. The van der Waals surface area contributed by atoms with Crippen molar-refractivity contribution in [3.05, 3.63) is 6.07 Å². The molecule has 0 spiro atoms. The molecule has 3 aliphatic rings. The molecule has 3 atom stereocenters. The van der Waals surface area contributed by atoms with Crippen LogP contribution in [0.2, 0.25) is 0 Å². The summed E-state index contributed by atoms with van der Waals surface area (Å²) in [6.07, 6.45) is 6.19. The Kier molecular flexibility index (Phi) is 6.70. The lowest BCUT2D eigenvalue weighted by molar-refractivity contribution is 0.114. The minimum Gasteiger partial charge on any atom is -0.376 e. The van der Waals surface area contributed by atoms with Crippen LogP contribution in [0.4, 0.5) is 17.6 Å². The highest BCUT2D eigenvalue weighted by Crippen LogP contribution is 2.29. The first-order chi connectivity index (χ1) is 14.1. The third kappa shape index (κ3) is 5.48. The van der Waals surface area contributed by atoms with Crippen molar-refractivity contribution in [3.63, 3.8) is 0 Å². The van der Waals surface area contributed by atoms with Crippen molar-refractivity contribution < 1.29 is 4.74 Å². The van der Waals surface area contributed by atoms with Crippen molar-refractivity contribution in [1.82, 2.24) is 15.3 Å². The van der Waals surface area contributed by atoms with E-state index in [1.54, 1.807) is 0 Å². The van der Waals surface area contributed by atoms with Crippen molar-refractivity contribution in [1.29, 1.82) is 0 Å². The molecule has 0 aliphatic carbocycles. The molecule has 1 aromatic heterocycles. The number of nitrogens with one attached hydrogen (secondary N) is 2. The molecule has 3 fully saturated rings. The molecule has 7 nitrogen and oxygen atoms in total. The van der Waals surface area contributed by atoms with Crippen LogP contribution in [0.1, 0.15) is 46.0 Å². The molecule has 29 heavy (non-hydrogen) atoms. The van der Waals surface area contributed by atoms with Gasteiger partial charge in [-0.25, -0.2) is 0 Å². The molecule has 1 aromatic rings. The summed E-state index contributed by atoms with van der Waals surface area (Å²) in [6.45, 7) is 10.4. The van der Waals surface area contributed by atoms with Crippen LogP contribution in [0.15, 0.2) is 6.07 Å². The Labute approximate surface area is 179 Å². The Balaban J connectivity index is 1.48. The molecule has 8 heteroatoms. The third-order valence-electron chi connectivity index (χ3n) is 6.06. The van der Waals surface area contributed by atoms with Gasteiger partial charge in [0.25, 0.3) is 0 Å². The smallest absolute Gasteiger partial charge is 0.232 e. The number of hydrogen-bond acceptors (Lipinski definition) is 6. The second-order valence-electron chi connectivity index (χ2n) is 8.92. The van der Waals surface area contributed by atoms with Gasteiger partial charge in [0.2, 0.25) is 5.95 Å². The Morgan fingerprint density at radius 1 is 1.10 bits per heavy atom. The summed E-state index contributed by atoms with van der Waals surface area (Å²) in [5.41, 5.74) is 0. The van der Waals surface area contributed by atoms with Crippen molar-refractivity contribution in [2.24, 2.45) is 11.8 Å². The number of thiocarbonyl (C=S) groups is 1. The van der Waals surface area contributed by atoms with E-state index in [9.17, 15) is 0 Å². The maximum absolute atomic E-state index is 5.66. The normalized spacial score (nSPS) is 27.3. The molecule has 0 amide bonds. The zero-order valence-electron chi connectivity index (χ0n) is 17.7.